The molecule has 4 aromatic rings. The van der Waals surface area contributed by atoms with E-state index in [2.05, 4.69) is 20.2 Å². The number of fused-ring (bicyclic) bond motifs is 1. The number of rotatable bonds is 5. The third-order valence-electron chi connectivity index (χ3n) is 5.04. The van der Waals surface area contributed by atoms with Crippen molar-refractivity contribution in [3.63, 3.8) is 0 Å². The number of hydrogen-bond donors (Lipinski definition) is 0. The molecule has 31 heavy (non-hydrogen) atoms. The largest absolute Gasteiger partial charge is 0.467 e. The monoisotopic (exact) mass is 452 g/mol. The summed E-state index contributed by atoms with van der Waals surface area (Å²) in [5.41, 5.74) is 2.47. The van der Waals surface area contributed by atoms with Gasteiger partial charge in [-0.1, -0.05) is 35.5 Å². The van der Waals surface area contributed by atoms with Crippen molar-refractivity contribution < 1.29 is 9.21 Å². The first kappa shape index (κ1) is 19.8. The molecule has 10 heteroatoms. The minimum atomic E-state index is -0.294. The molecular formula is C21H17ClN6O2S. The fourth-order valence-electron chi connectivity index (χ4n) is 3.51. The molecule has 0 saturated carbocycles. The summed E-state index contributed by atoms with van der Waals surface area (Å²) >= 11 is 7.35. The van der Waals surface area contributed by atoms with E-state index in [0.29, 0.717) is 22.2 Å². The summed E-state index contributed by atoms with van der Waals surface area (Å²) < 4.78 is 7.28. The van der Waals surface area contributed by atoms with E-state index in [1.165, 1.54) is 23.1 Å². The molecule has 0 N–H and O–H groups in total. The number of aromatic nitrogens is 4. The predicted molar refractivity (Wildman–Crippen MR) is 118 cm³/mol. The average molecular weight is 453 g/mol. The number of carbonyl (C=O) groups is 1. The number of aryl methyl sites for hydroxylation is 1. The zero-order chi connectivity index (χ0) is 21.4. The zero-order valence-electron chi connectivity index (χ0n) is 16.5. The summed E-state index contributed by atoms with van der Waals surface area (Å²) in [4.78, 5) is 21.7. The van der Waals surface area contributed by atoms with Crippen LogP contribution in [0.15, 0.2) is 69.7 Å². The van der Waals surface area contributed by atoms with Crippen molar-refractivity contribution in [3.8, 4) is 0 Å². The van der Waals surface area contributed by atoms with Gasteiger partial charge in [-0.2, -0.15) is 10.2 Å². The predicted octanol–water partition coefficient (Wildman–Crippen LogP) is 4.08. The Kier molecular flexibility index (Phi) is 5.21. The Bertz CT molecular complexity index is 1270. The van der Waals surface area contributed by atoms with Gasteiger partial charge in [0.25, 0.3) is 5.91 Å². The topological polar surface area (TPSA) is 89.4 Å². The minimum absolute atomic E-state index is 0.133. The fourth-order valence-corrected chi connectivity index (χ4v) is 4.45. The van der Waals surface area contributed by atoms with Crippen LogP contribution in [0, 0.1) is 0 Å². The summed E-state index contributed by atoms with van der Waals surface area (Å²) in [5, 5.41) is 12.5. The van der Waals surface area contributed by atoms with Crippen LogP contribution >= 0.6 is 23.4 Å². The second kappa shape index (κ2) is 8.16. The normalized spacial score (nSPS) is 16.1. The van der Waals surface area contributed by atoms with E-state index in [1.54, 1.807) is 17.1 Å². The maximum atomic E-state index is 13.2. The molecule has 1 amide bonds. The Morgan fingerprint density at radius 3 is 2.87 bits per heavy atom. The molecule has 0 radical (unpaired) electrons. The number of hydrogen-bond acceptors (Lipinski definition) is 7. The minimum Gasteiger partial charge on any atom is -0.467 e. The van der Waals surface area contributed by atoms with Crippen molar-refractivity contribution in [2.75, 3.05) is 5.75 Å². The summed E-state index contributed by atoms with van der Waals surface area (Å²) in [5.74, 6) is 0.740. The lowest BCUT2D eigenvalue weighted by Crippen LogP contribution is -2.28. The van der Waals surface area contributed by atoms with E-state index >= 15 is 0 Å². The Hall–Kier alpha value is -3.17. The van der Waals surface area contributed by atoms with E-state index in [9.17, 15) is 4.79 Å². The van der Waals surface area contributed by atoms with Crippen LogP contribution < -0.4 is 0 Å². The fraction of sp³-hybridized carbons (Fsp3) is 0.190. The highest BCUT2D eigenvalue weighted by Crippen LogP contribution is 2.34. The SMILES string of the molecule is Cn1ncc2c(SCC(=O)N3N=C(c4ccc(Cl)cc4)C[C@H]3c3ccco3)ncnc21. The second-order valence-electron chi connectivity index (χ2n) is 7.00. The highest BCUT2D eigenvalue weighted by Gasteiger charge is 2.34. The number of carbonyl (C=O) groups excluding carboxylic acids is 1. The number of halogens is 1. The molecule has 0 unspecified atom stereocenters. The lowest BCUT2D eigenvalue weighted by atomic mass is 10.0. The molecule has 1 aromatic carbocycles. The first-order chi connectivity index (χ1) is 15.1. The second-order valence-corrected chi connectivity index (χ2v) is 8.40. The number of furan rings is 1. The average Bonchev–Trinajstić information content (AvgIpc) is 3.53. The molecule has 0 bridgehead atoms. The zero-order valence-corrected chi connectivity index (χ0v) is 18.0. The smallest absolute Gasteiger partial charge is 0.253 e. The van der Waals surface area contributed by atoms with Crippen molar-refractivity contribution in [2.45, 2.75) is 17.5 Å². The molecule has 5 rings (SSSR count). The van der Waals surface area contributed by atoms with E-state index in [0.717, 1.165) is 22.3 Å². The molecule has 8 nitrogen and oxygen atoms in total. The van der Waals surface area contributed by atoms with Crippen molar-refractivity contribution >= 4 is 46.0 Å². The molecule has 156 valence electrons. The molecule has 4 heterocycles. The van der Waals surface area contributed by atoms with Crippen molar-refractivity contribution in [2.24, 2.45) is 12.1 Å². The van der Waals surface area contributed by atoms with Crippen LogP contribution in [0.4, 0.5) is 0 Å². The van der Waals surface area contributed by atoms with Gasteiger partial charge in [0.1, 0.15) is 23.2 Å². The number of hydrazone groups is 1. The first-order valence-electron chi connectivity index (χ1n) is 9.54. The highest BCUT2D eigenvalue weighted by molar-refractivity contribution is 8.00. The number of nitrogens with zero attached hydrogens (tertiary/aromatic N) is 6. The third-order valence-corrected chi connectivity index (χ3v) is 6.28. The van der Waals surface area contributed by atoms with Crippen molar-refractivity contribution in [1.29, 1.82) is 0 Å². The summed E-state index contributed by atoms with van der Waals surface area (Å²) in [6.45, 7) is 0. The summed E-state index contributed by atoms with van der Waals surface area (Å²) in [7, 11) is 1.82. The van der Waals surface area contributed by atoms with Crippen LogP contribution in [0.5, 0.6) is 0 Å². The quantitative estimate of drug-likeness (QED) is 0.335. The van der Waals surface area contributed by atoms with Gasteiger partial charge < -0.3 is 4.42 Å². The van der Waals surface area contributed by atoms with Crippen LogP contribution in [0.1, 0.15) is 23.8 Å². The number of thioether (sulfide) groups is 1. The van der Waals surface area contributed by atoms with Crippen LogP contribution in [0.25, 0.3) is 11.0 Å². The molecule has 0 aliphatic carbocycles. The maximum absolute atomic E-state index is 13.2. The van der Waals surface area contributed by atoms with Gasteiger partial charge in [-0.05, 0) is 29.8 Å². The Balaban J connectivity index is 1.39. The van der Waals surface area contributed by atoms with Gasteiger partial charge >= 0.3 is 0 Å². The van der Waals surface area contributed by atoms with Gasteiger partial charge in [-0.25, -0.2) is 15.0 Å². The van der Waals surface area contributed by atoms with Crippen LogP contribution in [-0.4, -0.2) is 42.1 Å². The first-order valence-corrected chi connectivity index (χ1v) is 10.9. The van der Waals surface area contributed by atoms with Crippen molar-refractivity contribution in [1.82, 2.24) is 24.8 Å². The van der Waals surface area contributed by atoms with Crippen LogP contribution in [0.2, 0.25) is 5.02 Å². The van der Waals surface area contributed by atoms with Gasteiger partial charge in [0.05, 0.1) is 29.3 Å². The Labute approximate surface area is 186 Å². The lowest BCUT2D eigenvalue weighted by Gasteiger charge is -2.19. The number of benzene rings is 1. The summed E-state index contributed by atoms with van der Waals surface area (Å²) in [6, 6.07) is 10.8. The maximum Gasteiger partial charge on any atom is 0.253 e. The van der Waals surface area contributed by atoms with E-state index < -0.39 is 0 Å². The summed E-state index contributed by atoms with van der Waals surface area (Å²) in [6.07, 6.45) is 5.36. The standard InChI is InChI=1S/C21H17ClN6O2S/c1-27-20-15(10-25-27)21(24-12-23-20)31-11-19(29)28-17(18-3-2-8-30-18)9-16(26-28)13-4-6-14(22)7-5-13/h2-8,10,12,17H,9,11H2,1H3/t17-/m0/s1. The molecular weight excluding hydrogens is 436 g/mol. The molecule has 3 aromatic heterocycles. The van der Waals surface area contributed by atoms with E-state index in [-0.39, 0.29) is 17.7 Å². The van der Waals surface area contributed by atoms with Crippen LogP contribution in [-0.2, 0) is 11.8 Å². The molecule has 1 atom stereocenters. The lowest BCUT2D eigenvalue weighted by molar-refractivity contribution is -0.130. The number of amides is 1. The third kappa shape index (κ3) is 3.82. The Morgan fingerprint density at radius 1 is 1.26 bits per heavy atom. The van der Waals surface area contributed by atoms with Crippen molar-refractivity contribution in [3.05, 3.63) is 71.5 Å². The van der Waals surface area contributed by atoms with Gasteiger partial charge in [-0.15, -0.1) is 0 Å². The van der Waals surface area contributed by atoms with Gasteiger partial charge in [0, 0.05) is 18.5 Å². The van der Waals surface area contributed by atoms with Gasteiger partial charge in [0.15, 0.2) is 5.65 Å². The van der Waals surface area contributed by atoms with E-state index in [1.807, 2.05) is 43.4 Å². The van der Waals surface area contributed by atoms with Gasteiger partial charge in [0.2, 0.25) is 0 Å². The molecule has 1 aliphatic rings. The Morgan fingerprint density at radius 2 is 2.10 bits per heavy atom. The molecule has 1 aliphatic heterocycles. The van der Waals surface area contributed by atoms with E-state index in [4.69, 9.17) is 16.0 Å². The van der Waals surface area contributed by atoms with Gasteiger partial charge in [-0.3, -0.25) is 9.48 Å². The van der Waals surface area contributed by atoms with Crippen LogP contribution in [0.3, 0.4) is 0 Å². The highest BCUT2D eigenvalue weighted by atomic mass is 35.5. The molecule has 0 spiro atoms. The molecule has 0 saturated heterocycles. The molecule has 0 fully saturated rings.